The van der Waals surface area contributed by atoms with Gasteiger partial charge in [-0.05, 0) is 36.1 Å². The minimum absolute atomic E-state index is 0.667. The first kappa shape index (κ1) is 7.53. The first-order valence-electron chi connectivity index (χ1n) is 4.41. The Bertz CT molecular complexity index is 404. The van der Waals surface area contributed by atoms with Crippen molar-refractivity contribution >= 4 is 12.2 Å². The summed E-state index contributed by atoms with van der Waals surface area (Å²) in [6.07, 6.45) is 7.56. The first-order valence-corrected chi connectivity index (χ1v) is 4.41. The van der Waals surface area contributed by atoms with Gasteiger partial charge in [0.25, 0.3) is 0 Å². The average molecular weight is 159 g/mol. The van der Waals surface area contributed by atoms with Crippen LogP contribution in [-0.2, 0) is 0 Å². The average Bonchev–Trinajstić information content (AvgIpc) is 2.07. The topological polar surface area (TPSA) is 12.9 Å². The maximum absolute atomic E-state index is 4.33. The Kier molecular flexibility index (Phi) is 1.72. The fourth-order valence-electron chi connectivity index (χ4n) is 1.62. The highest BCUT2D eigenvalue weighted by Crippen LogP contribution is 2.05. The van der Waals surface area contributed by atoms with Crippen molar-refractivity contribution < 1.29 is 0 Å². The number of aromatic nitrogens is 1. The molecule has 1 aromatic rings. The number of hydrogen-bond donors (Lipinski definition) is 0. The molecule has 12 heavy (non-hydrogen) atoms. The van der Waals surface area contributed by atoms with Gasteiger partial charge in [-0.3, -0.25) is 4.98 Å². The number of rotatable bonds is 0. The van der Waals surface area contributed by atoms with Crippen molar-refractivity contribution in [3.05, 3.63) is 28.4 Å². The molecule has 1 atom stereocenters. The minimum Gasteiger partial charge on any atom is -0.257 e. The second kappa shape index (κ2) is 2.74. The van der Waals surface area contributed by atoms with Gasteiger partial charge in [0, 0.05) is 6.20 Å². The second-order valence-corrected chi connectivity index (χ2v) is 3.51. The highest BCUT2D eigenvalue weighted by Gasteiger charge is 2.02. The normalized spacial score (nSPS) is 20.7. The number of fused-ring (bicyclic) bond motifs is 1. The van der Waals surface area contributed by atoms with Gasteiger partial charge in [0.1, 0.15) is 0 Å². The van der Waals surface area contributed by atoms with E-state index < -0.39 is 0 Å². The lowest BCUT2D eigenvalue weighted by Gasteiger charge is -2.07. The zero-order valence-electron chi connectivity index (χ0n) is 7.54. The van der Waals surface area contributed by atoms with Gasteiger partial charge in [-0.25, -0.2) is 0 Å². The molecule has 1 unspecified atom stereocenters. The summed E-state index contributed by atoms with van der Waals surface area (Å²) in [5.74, 6) is 0.667. The lowest BCUT2D eigenvalue weighted by Crippen LogP contribution is -2.33. The molecule has 2 rings (SSSR count). The SMILES string of the molecule is Cc1ccnc2c1=CC(C)CC=2. The van der Waals surface area contributed by atoms with Crippen molar-refractivity contribution in [2.45, 2.75) is 20.3 Å². The number of hydrogen-bond acceptors (Lipinski definition) is 1. The van der Waals surface area contributed by atoms with Crippen LogP contribution in [0.5, 0.6) is 0 Å². The second-order valence-electron chi connectivity index (χ2n) is 3.51. The van der Waals surface area contributed by atoms with Crippen LogP contribution in [0, 0.1) is 12.8 Å². The van der Waals surface area contributed by atoms with Gasteiger partial charge in [-0.1, -0.05) is 19.1 Å². The van der Waals surface area contributed by atoms with Crippen molar-refractivity contribution in [2.75, 3.05) is 0 Å². The first-order chi connectivity index (χ1) is 5.77. The van der Waals surface area contributed by atoms with E-state index in [1.165, 1.54) is 10.8 Å². The summed E-state index contributed by atoms with van der Waals surface area (Å²) in [6.45, 7) is 4.38. The van der Waals surface area contributed by atoms with Gasteiger partial charge in [-0.2, -0.15) is 0 Å². The van der Waals surface area contributed by atoms with Crippen LogP contribution in [0.25, 0.3) is 12.2 Å². The Balaban J connectivity index is 2.80. The minimum atomic E-state index is 0.667. The number of aryl methyl sites for hydroxylation is 1. The van der Waals surface area contributed by atoms with Crippen molar-refractivity contribution in [2.24, 2.45) is 5.92 Å². The van der Waals surface area contributed by atoms with E-state index >= 15 is 0 Å². The van der Waals surface area contributed by atoms with Crippen molar-refractivity contribution in [1.82, 2.24) is 4.98 Å². The van der Waals surface area contributed by atoms with E-state index in [0.29, 0.717) is 5.92 Å². The summed E-state index contributed by atoms with van der Waals surface area (Å²) >= 11 is 0. The standard InChI is InChI=1S/C11H13N/c1-8-3-4-11-10(7-8)9(2)5-6-12-11/h4-8H,3H2,1-2H3. The van der Waals surface area contributed by atoms with E-state index in [4.69, 9.17) is 0 Å². The summed E-state index contributed by atoms with van der Waals surface area (Å²) in [5.41, 5.74) is 1.34. The fourth-order valence-corrected chi connectivity index (χ4v) is 1.62. The van der Waals surface area contributed by atoms with E-state index in [1.807, 2.05) is 6.20 Å². The molecule has 0 fully saturated rings. The molecule has 0 bridgehead atoms. The zero-order valence-corrected chi connectivity index (χ0v) is 7.54. The van der Waals surface area contributed by atoms with E-state index in [0.717, 1.165) is 11.8 Å². The Morgan fingerprint density at radius 2 is 2.33 bits per heavy atom. The molecule has 1 aliphatic carbocycles. The molecule has 0 radical (unpaired) electrons. The highest BCUT2D eigenvalue weighted by molar-refractivity contribution is 5.40. The predicted octanol–water partition coefficient (Wildman–Crippen LogP) is 0.991. The molecular weight excluding hydrogens is 146 g/mol. The maximum Gasteiger partial charge on any atom is 0.0661 e. The third-order valence-corrected chi connectivity index (χ3v) is 2.37. The monoisotopic (exact) mass is 159 g/mol. The maximum atomic E-state index is 4.33. The molecule has 1 aliphatic rings. The predicted molar refractivity (Wildman–Crippen MR) is 50.9 cm³/mol. The molecule has 0 saturated heterocycles. The molecule has 0 amide bonds. The number of pyridine rings is 1. The quantitative estimate of drug-likeness (QED) is 0.550. The van der Waals surface area contributed by atoms with E-state index in [9.17, 15) is 0 Å². The Labute approximate surface area is 72.5 Å². The highest BCUT2D eigenvalue weighted by atomic mass is 14.6. The van der Waals surface area contributed by atoms with Gasteiger partial charge in [0.2, 0.25) is 0 Å². The summed E-state index contributed by atoms with van der Waals surface area (Å²) in [5, 5.41) is 2.49. The molecule has 0 N–H and O–H groups in total. The summed E-state index contributed by atoms with van der Waals surface area (Å²) in [7, 11) is 0. The van der Waals surface area contributed by atoms with Crippen LogP contribution < -0.4 is 10.6 Å². The zero-order chi connectivity index (χ0) is 8.55. The van der Waals surface area contributed by atoms with Crippen LogP contribution in [0.2, 0.25) is 0 Å². The summed E-state index contributed by atoms with van der Waals surface area (Å²) < 4.78 is 0. The molecule has 62 valence electrons. The smallest absolute Gasteiger partial charge is 0.0661 e. The van der Waals surface area contributed by atoms with E-state index in [1.54, 1.807) is 0 Å². The fraction of sp³-hybridized carbons (Fsp3) is 0.364. The summed E-state index contributed by atoms with van der Waals surface area (Å²) in [4.78, 5) is 4.33. The molecule has 0 aliphatic heterocycles. The molecule has 0 saturated carbocycles. The molecule has 1 aromatic heterocycles. The lowest BCUT2D eigenvalue weighted by molar-refractivity contribution is 0.794. The summed E-state index contributed by atoms with van der Waals surface area (Å²) in [6, 6.07) is 2.07. The third kappa shape index (κ3) is 1.15. The third-order valence-electron chi connectivity index (χ3n) is 2.37. The number of nitrogens with zero attached hydrogens (tertiary/aromatic N) is 1. The van der Waals surface area contributed by atoms with Crippen LogP contribution in [0.4, 0.5) is 0 Å². The van der Waals surface area contributed by atoms with Crippen LogP contribution in [-0.4, -0.2) is 4.98 Å². The molecular formula is C11H13N. The molecule has 0 spiro atoms. The lowest BCUT2D eigenvalue weighted by atomic mass is 10.00. The molecule has 1 nitrogen and oxygen atoms in total. The van der Waals surface area contributed by atoms with Gasteiger partial charge >= 0.3 is 0 Å². The van der Waals surface area contributed by atoms with Gasteiger partial charge in [-0.15, -0.1) is 0 Å². The van der Waals surface area contributed by atoms with Crippen molar-refractivity contribution in [1.29, 1.82) is 0 Å². The van der Waals surface area contributed by atoms with Crippen LogP contribution >= 0.6 is 0 Å². The van der Waals surface area contributed by atoms with E-state index in [-0.39, 0.29) is 0 Å². The Hall–Kier alpha value is -1.11. The Morgan fingerprint density at radius 3 is 3.17 bits per heavy atom. The van der Waals surface area contributed by atoms with Crippen molar-refractivity contribution in [3.63, 3.8) is 0 Å². The van der Waals surface area contributed by atoms with Gasteiger partial charge in [0.05, 0.1) is 5.35 Å². The van der Waals surface area contributed by atoms with Gasteiger partial charge < -0.3 is 0 Å². The largest absolute Gasteiger partial charge is 0.257 e. The van der Waals surface area contributed by atoms with Crippen molar-refractivity contribution in [3.8, 4) is 0 Å². The van der Waals surface area contributed by atoms with Crippen LogP contribution in [0.3, 0.4) is 0 Å². The van der Waals surface area contributed by atoms with Gasteiger partial charge in [0.15, 0.2) is 0 Å². The van der Waals surface area contributed by atoms with E-state index in [2.05, 4.69) is 37.0 Å². The molecule has 0 aromatic carbocycles. The van der Waals surface area contributed by atoms with Crippen LogP contribution in [0.15, 0.2) is 12.3 Å². The van der Waals surface area contributed by atoms with Crippen LogP contribution in [0.1, 0.15) is 18.9 Å². The molecule has 1 heterocycles. The molecule has 1 heteroatoms. The Morgan fingerprint density at radius 1 is 1.50 bits per heavy atom.